The van der Waals surface area contributed by atoms with Crippen molar-refractivity contribution in [2.75, 3.05) is 31.2 Å². The first kappa shape index (κ1) is 19.6. The largest absolute Gasteiger partial charge is 0.375 e. The van der Waals surface area contributed by atoms with Gasteiger partial charge in [-0.05, 0) is 57.1 Å². The monoisotopic (exact) mass is 385 g/mol. The van der Waals surface area contributed by atoms with Crippen LogP contribution in [-0.4, -0.2) is 40.3 Å². The summed E-state index contributed by atoms with van der Waals surface area (Å²) in [5.74, 6) is -0.695. The molecule has 3 rings (SSSR count). The van der Waals surface area contributed by atoms with E-state index in [-0.39, 0.29) is 29.2 Å². The lowest BCUT2D eigenvalue weighted by Gasteiger charge is -2.40. The number of piperidine rings is 1. The van der Waals surface area contributed by atoms with Crippen molar-refractivity contribution in [1.29, 1.82) is 0 Å². The van der Waals surface area contributed by atoms with E-state index in [2.05, 4.69) is 13.8 Å². The Balaban J connectivity index is 1.78. The summed E-state index contributed by atoms with van der Waals surface area (Å²) in [6.45, 7) is 8.07. The van der Waals surface area contributed by atoms with E-state index in [1.165, 1.54) is 6.07 Å². The second-order valence-electron chi connectivity index (χ2n) is 8.07. The molecule has 0 aliphatic carbocycles. The highest BCUT2D eigenvalue weighted by atomic mass is 32.2. The zero-order valence-electron chi connectivity index (χ0n) is 15.8. The molecule has 0 aromatic heterocycles. The zero-order chi connectivity index (χ0) is 19.0. The Bertz CT molecular complexity index is 755. The normalized spacial score (nSPS) is 22.1. The molecule has 2 aliphatic heterocycles. The van der Waals surface area contributed by atoms with Crippen molar-refractivity contribution in [2.45, 2.75) is 51.4 Å². The summed E-state index contributed by atoms with van der Waals surface area (Å²) in [7, 11) is -3.71. The number of anilines is 1. The maximum atomic E-state index is 14.6. The number of para-hydroxylation sites is 1. The van der Waals surface area contributed by atoms with Gasteiger partial charge in [0.15, 0.2) is 0 Å². The van der Waals surface area contributed by atoms with Gasteiger partial charge in [-0.3, -0.25) is 4.18 Å². The molecule has 0 amide bonds. The van der Waals surface area contributed by atoms with Gasteiger partial charge in [-0.1, -0.05) is 12.1 Å². The minimum Gasteiger partial charge on any atom is -0.375 e. The molecule has 1 spiro atoms. The van der Waals surface area contributed by atoms with Crippen molar-refractivity contribution in [2.24, 2.45) is 5.41 Å². The smallest absolute Gasteiger partial charge is 0.271 e. The zero-order valence-corrected chi connectivity index (χ0v) is 16.6. The molecule has 146 valence electrons. The van der Waals surface area contributed by atoms with Crippen molar-refractivity contribution in [3.8, 4) is 0 Å². The summed E-state index contributed by atoms with van der Waals surface area (Å²) in [5.41, 5.74) is 0.904. The van der Waals surface area contributed by atoms with Crippen molar-refractivity contribution in [3.63, 3.8) is 0 Å². The number of nitrogens with zero attached hydrogens (tertiary/aromatic N) is 1. The standard InChI is InChI=1S/C19H28FNO4S/c1-4-25-26(22,23)12-15-6-5-7-16(20)17(15)21-10-8-19(9-11-21)13-18(2,3)24-14-19/h5-7H,4,8-14H2,1-3H3. The van der Waals surface area contributed by atoms with Crippen LogP contribution >= 0.6 is 0 Å². The first-order valence-corrected chi connectivity index (χ1v) is 10.8. The lowest BCUT2D eigenvalue weighted by molar-refractivity contribution is 0.0295. The Hall–Kier alpha value is -1.18. The summed E-state index contributed by atoms with van der Waals surface area (Å²) >= 11 is 0. The number of benzene rings is 1. The van der Waals surface area contributed by atoms with Gasteiger partial charge in [-0.2, -0.15) is 8.42 Å². The second-order valence-corrected chi connectivity index (χ2v) is 9.71. The third kappa shape index (κ3) is 4.21. The van der Waals surface area contributed by atoms with E-state index in [1.807, 2.05) is 4.90 Å². The third-order valence-corrected chi connectivity index (χ3v) is 6.67. The van der Waals surface area contributed by atoms with Gasteiger partial charge < -0.3 is 9.64 Å². The first-order chi connectivity index (χ1) is 12.2. The van der Waals surface area contributed by atoms with E-state index in [1.54, 1.807) is 19.1 Å². The molecule has 1 aromatic rings. The van der Waals surface area contributed by atoms with Gasteiger partial charge in [-0.15, -0.1) is 0 Å². The number of hydrogen-bond donors (Lipinski definition) is 0. The molecule has 0 unspecified atom stereocenters. The van der Waals surface area contributed by atoms with Crippen molar-refractivity contribution < 1.29 is 21.7 Å². The Kier molecular flexibility index (Phi) is 5.34. The van der Waals surface area contributed by atoms with Gasteiger partial charge >= 0.3 is 0 Å². The first-order valence-electron chi connectivity index (χ1n) is 9.19. The molecule has 2 heterocycles. The lowest BCUT2D eigenvalue weighted by Crippen LogP contribution is -2.41. The molecule has 0 radical (unpaired) electrons. The molecular weight excluding hydrogens is 357 g/mol. The van der Waals surface area contributed by atoms with Crippen molar-refractivity contribution in [1.82, 2.24) is 0 Å². The van der Waals surface area contributed by atoms with Crippen LogP contribution in [0.15, 0.2) is 18.2 Å². The van der Waals surface area contributed by atoms with Crippen LogP contribution in [0.4, 0.5) is 10.1 Å². The highest BCUT2D eigenvalue weighted by Gasteiger charge is 2.46. The number of ether oxygens (including phenoxy) is 1. The maximum Gasteiger partial charge on any atom is 0.271 e. The summed E-state index contributed by atoms with van der Waals surface area (Å²) < 4.78 is 49.4. The van der Waals surface area contributed by atoms with E-state index < -0.39 is 10.1 Å². The molecule has 2 fully saturated rings. The van der Waals surface area contributed by atoms with Gasteiger partial charge in [0.2, 0.25) is 0 Å². The minimum atomic E-state index is -3.71. The molecule has 0 N–H and O–H groups in total. The van der Waals surface area contributed by atoms with Crippen LogP contribution in [0.1, 0.15) is 45.6 Å². The molecule has 0 atom stereocenters. The maximum absolute atomic E-state index is 14.6. The molecular formula is C19H28FNO4S. The van der Waals surface area contributed by atoms with E-state index in [0.717, 1.165) is 25.9 Å². The van der Waals surface area contributed by atoms with Crippen LogP contribution in [0, 0.1) is 11.2 Å². The Morgan fingerprint density at radius 3 is 2.54 bits per heavy atom. The summed E-state index contributed by atoms with van der Waals surface area (Å²) in [6, 6.07) is 4.61. The highest BCUT2D eigenvalue weighted by Crippen LogP contribution is 2.47. The van der Waals surface area contributed by atoms with E-state index in [9.17, 15) is 12.8 Å². The van der Waals surface area contributed by atoms with Gasteiger partial charge in [-0.25, -0.2) is 4.39 Å². The van der Waals surface area contributed by atoms with Crippen LogP contribution in [0.25, 0.3) is 0 Å². The van der Waals surface area contributed by atoms with E-state index in [0.29, 0.717) is 24.3 Å². The molecule has 5 nitrogen and oxygen atoms in total. The fraction of sp³-hybridized carbons (Fsp3) is 0.684. The molecule has 2 aliphatic rings. The Labute approximate surface area is 155 Å². The molecule has 26 heavy (non-hydrogen) atoms. The van der Waals surface area contributed by atoms with Gasteiger partial charge in [0.05, 0.1) is 24.5 Å². The quantitative estimate of drug-likeness (QED) is 0.727. The number of hydrogen-bond acceptors (Lipinski definition) is 5. The third-order valence-electron chi connectivity index (χ3n) is 5.41. The van der Waals surface area contributed by atoms with Crippen LogP contribution in [0.5, 0.6) is 0 Å². The average Bonchev–Trinajstić information content (AvgIpc) is 2.83. The van der Waals surface area contributed by atoms with Crippen LogP contribution < -0.4 is 4.90 Å². The molecule has 0 bridgehead atoms. The summed E-state index contributed by atoms with van der Waals surface area (Å²) in [4.78, 5) is 1.97. The predicted octanol–water partition coefficient (Wildman–Crippen LogP) is 3.48. The van der Waals surface area contributed by atoms with Gasteiger partial charge in [0.1, 0.15) is 11.6 Å². The Morgan fingerprint density at radius 1 is 1.27 bits per heavy atom. The second kappa shape index (κ2) is 7.09. The molecule has 0 saturated carbocycles. The summed E-state index contributed by atoms with van der Waals surface area (Å²) in [5, 5.41) is 0. The van der Waals surface area contributed by atoms with E-state index >= 15 is 0 Å². The number of rotatable bonds is 5. The SMILES string of the molecule is CCOS(=O)(=O)Cc1cccc(F)c1N1CCC2(CC1)COC(C)(C)C2. The van der Waals surface area contributed by atoms with Crippen molar-refractivity contribution >= 4 is 15.8 Å². The van der Waals surface area contributed by atoms with Crippen LogP contribution in [0.3, 0.4) is 0 Å². The average molecular weight is 386 g/mol. The van der Waals surface area contributed by atoms with E-state index in [4.69, 9.17) is 8.92 Å². The highest BCUT2D eigenvalue weighted by molar-refractivity contribution is 7.85. The van der Waals surface area contributed by atoms with Crippen molar-refractivity contribution in [3.05, 3.63) is 29.6 Å². The fourth-order valence-corrected chi connectivity index (χ4v) is 5.38. The Morgan fingerprint density at radius 2 is 1.96 bits per heavy atom. The predicted molar refractivity (Wildman–Crippen MR) is 99.2 cm³/mol. The minimum absolute atomic E-state index is 0.0784. The topological polar surface area (TPSA) is 55.8 Å². The molecule has 2 saturated heterocycles. The molecule has 1 aromatic carbocycles. The van der Waals surface area contributed by atoms with Gasteiger partial charge in [0.25, 0.3) is 10.1 Å². The number of halogens is 1. The van der Waals surface area contributed by atoms with Crippen LogP contribution in [-0.2, 0) is 24.8 Å². The molecule has 7 heteroatoms. The fourth-order valence-electron chi connectivity index (χ4n) is 4.32. The van der Waals surface area contributed by atoms with Gasteiger partial charge in [0, 0.05) is 13.1 Å². The van der Waals surface area contributed by atoms with Crippen LogP contribution in [0.2, 0.25) is 0 Å². The lowest BCUT2D eigenvalue weighted by atomic mass is 9.74. The summed E-state index contributed by atoms with van der Waals surface area (Å²) in [6.07, 6.45) is 2.85.